The van der Waals surface area contributed by atoms with E-state index in [1.807, 2.05) is 29.2 Å². The van der Waals surface area contributed by atoms with Gasteiger partial charge in [0, 0.05) is 24.8 Å². The van der Waals surface area contributed by atoms with Gasteiger partial charge in [0.2, 0.25) is 0 Å². The van der Waals surface area contributed by atoms with Crippen LogP contribution in [0.25, 0.3) is 0 Å². The third-order valence-corrected chi connectivity index (χ3v) is 3.65. The minimum absolute atomic E-state index is 0.0455. The minimum Gasteiger partial charge on any atom is -0.495 e. The van der Waals surface area contributed by atoms with Crippen molar-refractivity contribution in [3.05, 3.63) is 48.2 Å². The number of methoxy groups -OCH3 is 1. The fourth-order valence-electron chi connectivity index (χ4n) is 2.56. The van der Waals surface area contributed by atoms with Crippen molar-refractivity contribution in [2.75, 3.05) is 25.5 Å². The van der Waals surface area contributed by atoms with Crippen LogP contribution in [0.4, 0.5) is 11.5 Å². The molecular weight excluding hydrogens is 302 g/mol. The molecule has 0 radical (unpaired) electrons. The maximum absolute atomic E-state index is 12.7. The van der Waals surface area contributed by atoms with Gasteiger partial charge < -0.3 is 15.0 Å². The summed E-state index contributed by atoms with van der Waals surface area (Å²) >= 11 is 0. The molecule has 1 N–H and O–H groups in total. The maximum atomic E-state index is 12.7. The molecule has 0 atom stereocenters. The fourth-order valence-corrected chi connectivity index (χ4v) is 2.56. The second-order valence-electron chi connectivity index (χ2n) is 5.55. The molecule has 0 aliphatic rings. The first-order chi connectivity index (χ1) is 11.7. The standard InChI is InChI=1S/C19H25N3O2/c1-4-12-22(13-5-2)19(23)15-10-11-20-18(14-15)21-16-8-6-7-9-17(16)24-3/h6-11,14H,4-5,12-13H2,1-3H3,(H,20,21). The number of para-hydroxylation sites is 2. The zero-order chi connectivity index (χ0) is 17.4. The summed E-state index contributed by atoms with van der Waals surface area (Å²) in [6, 6.07) is 11.2. The van der Waals surface area contributed by atoms with Gasteiger partial charge in [-0.2, -0.15) is 0 Å². The molecule has 0 bridgehead atoms. The molecule has 128 valence electrons. The van der Waals surface area contributed by atoms with Crippen molar-refractivity contribution in [3.63, 3.8) is 0 Å². The van der Waals surface area contributed by atoms with E-state index in [9.17, 15) is 4.79 Å². The van der Waals surface area contributed by atoms with Gasteiger partial charge in [-0.05, 0) is 37.1 Å². The van der Waals surface area contributed by atoms with E-state index in [1.54, 1.807) is 25.4 Å². The van der Waals surface area contributed by atoms with Crippen LogP contribution in [0.2, 0.25) is 0 Å². The van der Waals surface area contributed by atoms with Gasteiger partial charge in [-0.15, -0.1) is 0 Å². The number of nitrogens with zero attached hydrogens (tertiary/aromatic N) is 2. The van der Waals surface area contributed by atoms with Gasteiger partial charge in [-0.1, -0.05) is 26.0 Å². The molecule has 0 aliphatic carbocycles. The summed E-state index contributed by atoms with van der Waals surface area (Å²) in [6.45, 7) is 5.70. The molecule has 2 aromatic rings. The van der Waals surface area contributed by atoms with E-state index >= 15 is 0 Å². The van der Waals surface area contributed by atoms with Crippen LogP contribution in [0.1, 0.15) is 37.0 Å². The summed E-state index contributed by atoms with van der Waals surface area (Å²) in [5.41, 5.74) is 1.46. The molecule has 5 nitrogen and oxygen atoms in total. The topological polar surface area (TPSA) is 54.5 Å². The third-order valence-electron chi connectivity index (χ3n) is 3.65. The lowest BCUT2D eigenvalue weighted by molar-refractivity contribution is 0.0755. The number of anilines is 2. The van der Waals surface area contributed by atoms with Crippen LogP contribution < -0.4 is 10.1 Å². The molecule has 0 unspecified atom stereocenters. The van der Waals surface area contributed by atoms with Gasteiger partial charge in [0.25, 0.3) is 5.91 Å². The highest BCUT2D eigenvalue weighted by atomic mass is 16.5. The number of pyridine rings is 1. The largest absolute Gasteiger partial charge is 0.495 e. The third kappa shape index (κ3) is 4.47. The highest BCUT2D eigenvalue weighted by Gasteiger charge is 2.15. The summed E-state index contributed by atoms with van der Waals surface area (Å²) < 4.78 is 5.33. The van der Waals surface area contributed by atoms with E-state index in [4.69, 9.17) is 4.74 Å². The van der Waals surface area contributed by atoms with Crippen molar-refractivity contribution < 1.29 is 9.53 Å². The Balaban J connectivity index is 2.20. The molecule has 0 fully saturated rings. The summed E-state index contributed by atoms with van der Waals surface area (Å²) in [6.07, 6.45) is 3.55. The van der Waals surface area contributed by atoms with Crippen molar-refractivity contribution in [1.29, 1.82) is 0 Å². The first-order valence-corrected chi connectivity index (χ1v) is 8.35. The molecule has 1 amide bonds. The average molecular weight is 327 g/mol. The molecule has 1 heterocycles. The SMILES string of the molecule is CCCN(CCC)C(=O)c1ccnc(Nc2ccccc2OC)c1. The van der Waals surface area contributed by atoms with Gasteiger partial charge in [-0.25, -0.2) is 4.98 Å². The van der Waals surface area contributed by atoms with Crippen LogP contribution in [-0.4, -0.2) is 36.0 Å². The van der Waals surface area contributed by atoms with E-state index in [2.05, 4.69) is 24.1 Å². The van der Waals surface area contributed by atoms with Gasteiger partial charge >= 0.3 is 0 Å². The van der Waals surface area contributed by atoms with Gasteiger partial charge in [0.15, 0.2) is 0 Å². The second-order valence-corrected chi connectivity index (χ2v) is 5.55. The van der Waals surface area contributed by atoms with E-state index in [1.165, 1.54) is 0 Å². The van der Waals surface area contributed by atoms with E-state index < -0.39 is 0 Å². The first kappa shape index (κ1) is 17.8. The van der Waals surface area contributed by atoms with Crippen molar-refractivity contribution in [2.24, 2.45) is 0 Å². The highest BCUT2D eigenvalue weighted by molar-refractivity contribution is 5.95. The molecule has 1 aromatic carbocycles. The Bertz CT molecular complexity index is 667. The van der Waals surface area contributed by atoms with Crippen molar-refractivity contribution in [1.82, 2.24) is 9.88 Å². The number of hydrogen-bond acceptors (Lipinski definition) is 4. The molecular formula is C19H25N3O2. The minimum atomic E-state index is 0.0455. The predicted octanol–water partition coefficient (Wildman–Crippen LogP) is 4.10. The normalized spacial score (nSPS) is 10.3. The van der Waals surface area contributed by atoms with E-state index in [0.29, 0.717) is 11.4 Å². The molecule has 0 aliphatic heterocycles. The Hall–Kier alpha value is -2.56. The molecule has 24 heavy (non-hydrogen) atoms. The van der Waals surface area contributed by atoms with Crippen molar-refractivity contribution in [2.45, 2.75) is 26.7 Å². The van der Waals surface area contributed by atoms with E-state index in [-0.39, 0.29) is 5.91 Å². The smallest absolute Gasteiger partial charge is 0.254 e. The monoisotopic (exact) mass is 327 g/mol. The zero-order valence-corrected chi connectivity index (χ0v) is 14.6. The lowest BCUT2D eigenvalue weighted by Crippen LogP contribution is -2.32. The molecule has 2 rings (SSSR count). The van der Waals surface area contributed by atoms with E-state index in [0.717, 1.165) is 37.4 Å². The average Bonchev–Trinajstić information content (AvgIpc) is 2.61. The Morgan fingerprint density at radius 3 is 2.54 bits per heavy atom. The lowest BCUT2D eigenvalue weighted by Gasteiger charge is -2.21. The highest BCUT2D eigenvalue weighted by Crippen LogP contribution is 2.26. The van der Waals surface area contributed by atoms with Crippen molar-refractivity contribution in [3.8, 4) is 5.75 Å². The van der Waals surface area contributed by atoms with Crippen molar-refractivity contribution >= 4 is 17.4 Å². The number of ether oxygens (including phenoxy) is 1. The number of benzene rings is 1. The molecule has 0 saturated heterocycles. The van der Waals surface area contributed by atoms with Crippen LogP contribution in [0, 0.1) is 0 Å². The van der Waals surface area contributed by atoms with Crippen LogP contribution in [0.5, 0.6) is 5.75 Å². The zero-order valence-electron chi connectivity index (χ0n) is 14.6. The summed E-state index contributed by atoms with van der Waals surface area (Å²) in [4.78, 5) is 18.9. The number of carbonyl (C=O) groups excluding carboxylic acids is 1. The number of aromatic nitrogens is 1. The fraction of sp³-hybridized carbons (Fsp3) is 0.368. The predicted molar refractivity (Wildman–Crippen MR) is 97.0 cm³/mol. The summed E-state index contributed by atoms with van der Waals surface area (Å²) in [5, 5.41) is 3.21. The molecule has 5 heteroatoms. The number of amides is 1. The lowest BCUT2D eigenvalue weighted by atomic mass is 10.2. The Labute approximate surface area is 143 Å². The summed E-state index contributed by atoms with van der Waals surface area (Å²) in [7, 11) is 1.63. The van der Waals surface area contributed by atoms with Gasteiger partial charge in [0.05, 0.1) is 12.8 Å². The molecule has 1 aromatic heterocycles. The van der Waals surface area contributed by atoms with Gasteiger partial charge in [0.1, 0.15) is 11.6 Å². The van der Waals surface area contributed by atoms with Crippen LogP contribution in [0.15, 0.2) is 42.6 Å². The van der Waals surface area contributed by atoms with Crippen LogP contribution in [-0.2, 0) is 0 Å². The number of carbonyl (C=O) groups is 1. The number of nitrogens with one attached hydrogen (secondary N) is 1. The van der Waals surface area contributed by atoms with Gasteiger partial charge in [-0.3, -0.25) is 4.79 Å². The van der Waals surface area contributed by atoms with Crippen LogP contribution >= 0.6 is 0 Å². The van der Waals surface area contributed by atoms with Crippen LogP contribution in [0.3, 0.4) is 0 Å². The number of hydrogen-bond donors (Lipinski definition) is 1. The number of rotatable bonds is 8. The molecule has 0 saturated carbocycles. The molecule has 0 spiro atoms. The Morgan fingerprint density at radius 1 is 1.17 bits per heavy atom. The maximum Gasteiger partial charge on any atom is 0.254 e. The Kier molecular flexibility index (Phi) is 6.61. The first-order valence-electron chi connectivity index (χ1n) is 8.35. The second kappa shape index (κ2) is 8.91. The summed E-state index contributed by atoms with van der Waals surface area (Å²) in [5.74, 6) is 1.40. The Morgan fingerprint density at radius 2 is 1.88 bits per heavy atom. The quantitative estimate of drug-likeness (QED) is 0.793.